The van der Waals surface area contributed by atoms with Crippen molar-refractivity contribution in [3.05, 3.63) is 48.0 Å². The first-order chi connectivity index (χ1) is 11.4. The fourth-order valence-corrected chi connectivity index (χ4v) is 2.77. The quantitative estimate of drug-likeness (QED) is 0.934. The van der Waals surface area contributed by atoms with Crippen LogP contribution in [0.25, 0.3) is 0 Å². The zero-order valence-corrected chi connectivity index (χ0v) is 12.7. The van der Waals surface area contributed by atoms with Gasteiger partial charge in [-0.3, -0.25) is 9.67 Å². The smallest absolute Gasteiger partial charge is 0.334 e. The molecule has 0 bridgehead atoms. The number of rotatable bonds is 3. The minimum Gasteiger partial charge on any atom is -0.334 e. The van der Waals surface area contributed by atoms with E-state index in [0.29, 0.717) is 13.1 Å². The highest BCUT2D eigenvalue weighted by atomic mass is 19.4. The average molecular weight is 339 g/mol. The van der Waals surface area contributed by atoms with Gasteiger partial charge in [-0.05, 0) is 18.6 Å². The van der Waals surface area contributed by atoms with Crippen molar-refractivity contribution in [3.8, 4) is 0 Å². The molecule has 0 spiro atoms. The number of halogens is 3. The predicted molar refractivity (Wildman–Crippen MR) is 78.9 cm³/mol. The molecule has 1 aliphatic rings. The number of nitrogens with zero attached hydrogens (tertiary/aromatic N) is 4. The van der Waals surface area contributed by atoms with Crippen LogP contribution in [0.1, 0.15) is 23.6 Å². The molecule has 2 amide bonds. The number of nitrogens with one attached hydrogen (secondary N) is 1. The van der Waals surface area contributed by atoms with Gasteiger partial charge in [0.25, 0.3) is 0 Å². The van der Waals surface area contributed by atoms with Crippen molar-refractivity contribution in [2.45, 2.75) is 25.2 Å². The number of aromatic nitrogens is 3. The lowest BCUT2D eigenvalue weighted by Crippen LogP contribution is -2.38. The summed E-state index contributed by atoms with van der Waals surface area (Å²) in [6, 6.07) is 2.42. The van der Waals surface area contributed by atoms with Gasteiger partial charge in [-0.15, -0.1) is 0 Å². The maximum atomic E-state index is 12.9. The van der Waals surface area contributed by atoms with Gasteiger partial charge in [-0.25, -0.2) is 4.79 Å². The Kier molecular flexibility index (Phi) is 4.41. The largest absolute Gasteiger partial charge is 0.416 e. The molecule has 0 aliphatic carbocycles. The number of amides is 2. The molecule has 2 aromatic rings. The van der Waals surface area contributed by atoms with Crippen LogP contribution in [0.2, 0.25) is 0 Å². The number of pyridine rings is 1. The van der Waals surface area contributed by atoms with Crippen LogP contribution in [-0.4, -0.2) is 38.8 Å². The second-order valence-corrected chi connectivity index (χ2v) is 5.56. The maximum Gasteiger partial charge on any atom is 0.416 e. The lowest BCUT2D eigenvalue weighted by atomic mass is 10.1. The summed E-state index contributed by atoms with van der Waals surface area (Å²) < 4.78 is 40.6. The van der Waals surface area contributed by atoms with Crippen LogP contribution >= 0.6 is 0 Å². The fourth-order valence-electron chi connectivity index (χ4n) is 2.77. The second-order valence-electron chi connectivity index (χ2n) is 5.56. The highest BCUT2D eigenvalue weighted by Gasteiger charge is 2.33. The Bertz CT molecular complexity index is 701. The molecule has 1 atom stereocenters. The van der Waals surface area contributed by atoms with Gasteiger partial charge >= 0.3 is 12.2 Å². The van der Waals surface area contributed by atoms with E-state index in [4.69, 9.17) is 0 Å². The lowest BCUT2D eigenvalue weighted by Gasteiger charge is -2.18. The van der Waals surface area contributed by atoms with Gasteiger partial charge in [0.2, 0.25) is 0 Å². The number of likely N-dealkylation sites (tertiary alicyclic amines) is 1. The van der Waals surface area contributed by atoms with Gasteiger partial charge in [0.1, 0.15) is 0 Å². The minimum atomic E-state index is -4.47. The first-order valence-electron chi connectivity index (χ1n) is 7.47. The van der Waals surface area contributed by atoms with Crippen molar-refractivity contribution >= 4 is 6.03 Å². The summed E-state index contributed by atoms with van der Waals surface area (Å²) in [5.74, 6) is 0. The molecule has 0 radical (unpaired) electrons. The number of urea groups is 1. The summed E-state index contributed by atoms with van der Waals surface area (Å²) in [6.45, 7) is 0.798. The predicted octanol–water partition coefficient (Wildman–Crippen LogP) is 2.45. The number of alkyl halides is 3. The molecule has 9 heteroatoms. The number of hydrogen-bond donors (Lipinski definition) is 1. The van der Waals surface area contributed by atoms with E-state index >= 15 is 0 Å². The van der Waals surface area contributed by atoms with Crippen LogP contribution in [0.5, 0.6) is 0 Å². The van der Waals surface area contributed by atoms with Crippen molar-refractivity contribution < 1.29 is 18.0 Å². The Balaban J connectivity index is 1.59. The first kappa shape index (κ1) is 16.3. The standard InChI is InChI=1S/C15H16F3N5O/c16-15(17,18)13-2-5-19-8-11(13)9-20-14(24)22-7-3-12(10-22)23-6-1-4-21-23/h1-2,4-6,8,12H,3,7,9-10H2,(H,20,24). The third-order valence-electron chi connectivity index (χ3n) is 3.99. The molecule has 2 aromatic heterocycles. The molecule has 1 aliphatic heterocycles. The number of carbonyl (C=O) groups is 1. The monoisotopic (exact) mass is 339 g/mol. The van der Waals surface area contributed by atoms with Crippen LogP contribution in [0.3, 0.4) is 0 Å². The Morgan fingerprint density at radius 2 is 2.21 bits per heavy atom. The highest BCUT2D eigenvalue weighted by molar-refractivity contribution is 5.74. The zero-order valence-electron chi connectivity index (χ0n) is 12.7. The molecule has 24 heavy (non-hydrogen) atoms. The van der Waals surface area contributed by atoms with Crippen molar-refractivity contribution in [2.75, 3.05) is 13.1 Å². The van der Waals surface area contributed by atoms with Crippen molar-refractivity contribution in [1.82, 2.24) is 25.0 Å². The van der Waals surface area contributed by atoms with Crippen molar-refractivity contribution in [3.63, 3.8) is 0 Å². The van der Waals surface area contributed by atoms with E-state index in [-0.39, 0.29) is 24.2 Å². The molecule has 1 fully saturated rings. The summed E-state index contributed by atoms with van der Waals surface area (Å²) in [7, 11) is 0. The summed E-state index contributed by atoms with van der Waals surface area (Å²) in [6.07, 6.45) is 2.00. The molecule has 3 heterocycles. The van der Waals surface area contributed by atoms with Gasteiger partial charge in [0.05, 0.1) is 11.6 Å². The molecule has 0 aromatic carbocycles. The Labute approximate surface area is 136 Å². The first-order valence-corrected chi connectivity index (χ1v) is 7.47. The highest BCUT2D eigenvalue weighted by Crippen LogP contribution is 2.31. The van der Waals surface area contributed by atoms with Gasteiger partial charge in [0.15, 0.2) is 0 Å². The maximum absolute atomic E-state index is 12.9. The Morgan fingerprint density at radius 3 is 2.92 bits per heavy atom. The molecular weight excluding hydrogens is 323 g/mol. The van der Waals surface area contributed by atoms with Gasteiger partial charge in [-0.1, -0.05) is 0 Å². The SMILES string of the molecule is O=C(NCc1cnccc1C(F)(F)F)N1CCC(n2cccn2)C1. The summed E-state index contributed by atoms with van der Waals surface area (Å²) >= 11 is 0. The van der Waals surface area contributed by atoms with E-state index < -0.39 is 11.7 Å². The lowest BCUT2D eigenvalue weighted by molar-refractivity contribution is -0.138. The van der Waals surface area contributed by atoms with Crippen LogP contribution in [0.15, 0.2) is 36.9 Å². The van der Waals surface area contributed by atoms with Crippen LogP contribution in [-0.2, 0) is 12.7 Å². The molecule has 1 unspecified atom stereocenters. The van der Waals surface area contributed by atoms with E-state index in [1.54, 1.807) is 15.8 Å². The van der Waals surface area contributed by atoms with Crippen molar-refractivity contribution in [1.29, 1.82) is 0 Å². The summed E-state index contributed by atoms with van der Waals surface area (Å²) in [4.78, 5) is 17.5. The topological polar surface area (TPSA) is 63.1 Å². The van der Waals surface area contributed by atoms with E-state index in [1.165, 1.54) is 0 Å². The van der Waals surface area contributed by atoms with Crippen LogP contribution in [0.4, 0.5) is 18.0 Å². The summed E-state index contributed by atoms with van der Waals surface area (Å²) in [5.41, 5.74) is -0.838. The molecular formula is C15H16F3N5O. The Morgan fingerprint density at radius 1 is 1.38 bits per heavy atom. The van der Waals surface area contributed by atoms with E-state index in [9.17, 15) is 18.0 Å². The van der Waals surface area contributed by atoms with E-state index in [0.717, 1.165) is 24.9 Å². The van der Waals surface area contributed by atoms with E-state index in [1.807, 2.05) is 12.3 Å². The van der Waals surface area contributed by atoms with Crippen LogP contribution in [0, 0.1) is 0 Å². The minimum absolute atomic E-state index is 0.0545. The molecule has 1 saturated heterocycles. The van der Waals surface area contributed by atoms with Crippen molar-refractivity contribution in [2.24, 2.45) is 0 Å². The molecule has 128 valence electrons. The molecule has 6 nitrogen and oxygen atoms in total. The molecule has 3 rings (SSSR count). The van der Waals surface area contributed by atoms with Gasteiger partial charge in [0, 0.05) is 50.0 Å². The summed E-state index contributed by atoms with van der Waals surface area (Å²) in [5, 5.41) is 6.69. The second kappa shape index (κ2) is 6.50. The van der Waals surface area contributed by atoms with Gasteiger partial charge in [-0.2, -0.15) is 18.3 Å². The Hall–Kier alpha value is -2.58. The number of carbonyl (C=O) groups excluding carboxylic acids is 1. The molecule has 1 N–H and O–H groups in total. The fraction of sp³-hybridized carbons (Fsp3) is 0.400. The van der Waals surface area contributed by atoms with Gasteiger partial charge < -0.3 is 10.2 Å². The third-order valence-corrected chi connectivity index (χ3v) is 3.99. The average Bonchev–Trinajstić information content (AvgIpc) is 3.22. The third kappa shape index (κ3) is 3.50. The number of hydrogen-bond acceptors (Lipinski definition) is 3. The van der Waals surface area contributed by atoms with Crippen LogP contribution < -0.4 is 5.32 Å². The van der Waals surface area contributed by atoms with E-state index in [2.05, 4.69) is 15.4 Å². The molecule has 0 saturated carbocycles. The normalized spacial score (nSPS) is 18.0. The zero-order chi connectivity index (χ0) is 17.2.